The molecular weight excluding hydrogens is 893 g/mol. The second kappa shape index (κ2) is 15.5. The zero-order valence-corrected chi connectivity index (χ0v) is 41.0. The predicted octanol–water partition coefficient (Wildman–Crippen LogP) is 19.7. The van der Waals surface area contributed by atoms with Crippen molar-refractivity contribution < 1.29 is 0 Å². The van der Waals surface area contributed by atoms with E-state index >= 15 is 0 Å². The summed E-state index contributed by atoms with van der Waals surface area (Å²) in [5.41, 5.74) is 15.0. The Hall–Kier alpha value is -9.50. The van der Waals surface area contributed by atoms with E-state index in [0.29, 0.717) is 0 Å². The monoisotopic (exact) mass is 938 g/mol. The number of fused-ring (bicyclic) bond motifs is 15. The molecule has 0 saturated heterocycles. The van der Waals surface area contributed by atoms with Gasteiger partial charge in [-0.05, 0) is 144 Å². The quantitative estimate of drug-likeness (QED) is 0.156. The Kier molecular flexibility index (Phi) is 8.62. The van der Waals surface area contributed by atoms with E-state index in [1.165, 1.54) is 164 Å². The SMILES string of the molecule is Cn1c2cc(-c3c4ccccc4c(-c4cccc5ccccc45)c4ccccc34)ccc2c2c3ccc4c(c3ccc21)c1ccc(-c2c3ccccc3c(-c3cccc5ccccc35)c3ccccc23)cc1n4C. The Morgan fingerprint density at radius 1 is 0.216 bits per heavy atom. The van der Waals surface area contributed by atoms with Gasteiger partial charge < -0.3 is 9.13 Å². The molecule has 16 aromatic rings. The van der Waals surface area contributed by atoms with Crippen LogP contribution >= 0.6 is 0 Å². The molecule has 0 fully saturated rings. The first-order chi connectivity index (χ1) is 36.6. The van der Waals surface area contributed by atoms with Crippen LogP contribution in [0.5, 0.6) is 0 Å². The lowest BCUT2D eigenvalue weighted by Crippen LogP contribution is -1.92. The molecule has 344 valence electrons. The largest absolute Gasteiger partial charge is 0.344 e. The molecule has 74 heavy (non-hydrogen) atoms. The van der Waals surface area contributed by atoms with Crippen LogP contribution in [0.3, 0.4) is 0 Å². The van der Waals surface area contributed by atoms with Gasteiger partial charge in [0, 0.05) is 57.7 Å². The van der Waals surface area contributed by atoms with Gasteiger partial charge in [0.2, 0.25) is 0 Å². The zero-order valence-electron chi connectivity index (χ0n) is 41.0. The molecule has 2 nitrogen and oxygen atoms in total. The van der Waals surface area contributed by atoms with Crippen molar-refractivity contribution in [3.05, 3.63) is 243 Å². The molecule has 16 rings (SSSR count). The van der Waals surface area contributed by atoms with Gasteiger partial charge in [-0.25, -0.2) is 0 Å². The smallest absolute Gasteiger partial charge is 0.0495 e. The average Bonchev–Trinajstić information content (AvgIpc) is 3.93. The van der Waals surface area contributed by atoms with Crippen molar-refractivity contribution in [1.29, 1.82) is 0 Å². The average molecular weight is 939 g/mol. The van der Waals surface area contributed by atoms with E-state index in [1.54, 1.807) is 0 Å². The van der Waals surface area contributed by atoms with Gasteiger partial charge in [0.15, 0.2) is 0 Å². The molecule has 0 radical (unpaired) electrons. The summed E-state index contributed by atoms with van der Waals surface area (Å²) in [4.78, 5) is 0. The minimum absolute atomic E-state index is 1.22. The van der Waals surface area contributed by atoms with Gasteiger partial charge >= 0.3 is 0 Å². The number of rotatable bonds is 4. The van der Waals surface area contributed by atoms with E-state index in [2.05, 4.69) is 266 Å². The van der Waals surface area contributed by atoms with Crippen LogP contribution in [0.1, 0.15) is 0 Å². The van der Waals surface area contributed by atoms with Crippen molar-refractivity contribution in [2.45, 2.75) is 0 Å². The molecule has 0 aliphatic rings. The Bertz CT molecular complexity index is 4660. The minimum Gasteiger partial charge on any atom is -0.344 e. The van der Waals surface area contributed by atoms with E-state index in [4.69, 9.17) is 0 Å². The number of hydrogen-bond donors (Lipinski definition) is 0. The Balaban J connectivity index is 0.880. The summed E-state index contributed by atoms with van der Waals surface area (Å²) in [5.74, 6) is 0. The maximum atomic E-state index is 2.44. The number of aromatic nitrogens is 2. The molecule has 2 heterocycles. The molecule has 0 amide bonds. The van der Waals surface area contributed by atoms with Crippen molar-refractivity contribution in [3.8, 4) is 44.5 Å². The first-order valence-corrected chi connectivity index (χ1v) is 25.8. The summed E-state index contributed by atoms with van der Waals surface area (Å²) in [5, 5.41) is 22.9. The van der Waals surface area contributed by atoms with E-state index in [9.17, 15) is 0 Å². The number of hydrogen-bond acceptors (Lipinski definition) is 0. The normalized spacial score (nSPS) is 12.2. The Labute approximate surface area is 427 Å². The lowest BCUT2D eigenvalue weighted by atomic mass is 9.84. The summed E-state index contributed by atoms with van der Waals surface area (Å²) in [6.07, 6.45) is 0. The number of aryl methyl sites for hydroxylation is 2. The molecule has 0 aliphatic carbocycles. The summed E-state index contributed by atoms with van der Waals surface area (Å²) < 4.78 is 4.81. The lowest BCUT2D eigenvalue weighted by Gasteiger charge is -2.19. The van der Waals surface area contributed by atoms with Crippen molar-refractivity contribution >= 4 is 119 Å². The third-order valence-corrected chi connectivity index (χ3v) is 16.7. The Morgan fingerprint density at radius 3 is 0.878 bits per heavy atom. The highest BCUT2D eigenvalue weighted by Crippen LogP contribution is 2.49. The predicted molar refractivity (Wildman–Crippen MR) is 319 cm³/mol. The van der Waals surface area contributed by atoms with Crippen molar-refractivity contribution in [2.75, 3.05) is 0 Å². The fourth-order valence-electron chi connectivity index (χ4n) is 13.5. The molecule has 0 unspecified atom stereocenters. The highest BCUT2D eigenvalue weighted by Gasteiger charge is 2.23. The third-order valence-electron chi connectivity index (χ3n) is 16.7. The van der Waals surface area contributed by atoms with Crippen molar-refractivity contribution in [1.82, 2.24) is 9.13 Å². The molecule has 0 bridgehead atoms. The second-order valence-corrected chi connectivity index (χ2v) is 20.3. The zero-order chi connectivity index (χ0) is 48.8. The van der Waals surface area contributed by atoms with Gasteiger partial charge in [-0.15, -0.1) is 0 Å². The van der Waals surface area contributed by atoms with Crippen LogP contribution in [-0.4, -0.2) is 9.13 Å². The maximum absolute atomic E-state index is 2.44. The summed E-state index contributed by atoms with van der Waals surface area (Å²) in [7, 11) is 4.47. The fraction of sp³-hybridized carbons (Fsp3) is 0.0278. The van der Waals surface area contributed by atoms with Gasteiger partial charge in [0.1, 0.15) is 0 Å². The van der Waals surface area contributed by atoms with Crippen LogP contribution in [0.4, 0.5) is 0 Å². The van der Waals surface area contributed by atoms with Crippen LogP contribution in [0, 0.1) is 0 Å². The number of benzene rings is 14. The van der Waals surface area contributed by atoms with Crippen molar-refractivity contribution in [2.24, 2.45) is 14.1 Å². The summed E-state index contributed by atoms with van der Waals surface area (Å²) in [6, 6.07) is 90.8. The van der Waals surface area contributed by atoms with Crippen LogP contribution in [0.25, 0.3) is 164 Å². The molecule has 0 aliphatic heterocycles. The van der Waals surface area contributed by atoms with Crippen molar-refractivity contribution in [3.63, 3.8) is 0 Å². The van der Waals surface area contributed by atoms with Crippen LogP contribution < -0.4 is 0 Å². The molecule has 0 spiro atoms. The number of nitrogens with zero attached hydrogens (tertiary/aromatic N) is 2. The second-order valence-electron chi connectivity index (χ2n) is 20.3. The highest BCUT2D eigenvalue weighted by atomic mass is 14.9. The minimum atomic E-state index is 1.22. The molecule has 2 aromatic heterocycles. The van der Waals surface area contributed by atoms with Crippen LogP contribution in [0.2, 0.25) is 0 Å². The van der Waals surface area contributed by atoms with Gasteiger partial charge in [0.25, 0.3) is 0 Å². The van der Waals surface area contributed by atoms with E-state index in [0.717, 1.165) is 0 Å². The van der Waals surface area contributed by atoms with Crippen LogP contribution in [-0.2, 0) is 14.1 Å². The molecule has 0 saturated carbocycles. The van der Waals surface area contributed by atoms with Gasteiger partial charge in [-0.2, -0.15) is 0 Å². The van der Waals surface area contributed by atoms with E-state index in [-0.39, 0.29) is 0 Å². The third kappa shape index (κ3) is 5.65. The standard InChI is InChI=1S/C72H46N2/c1-73-63-39-37-60-59(71(63)61-35-33-45(41-65(61)73)67-51-23-7-11-27-55(51)69(56-28-12-8-24-52(56)67)49-31-15-19-43-17-3-5-21-47(43)49)38-40-64-72(60)62-36-34-46(42-66(62)74(64)2)68-53-25-9-13-29-57(53)70(58-30-14-10-26-54(58)68)50-32-16-20-44-18-4-6-22-48(44)50/h3-42H,1-2H3. The fourth-order valence-corrected chi connectivity index (χ4v) is 13.5. The van der Waals surface area contributed by atoms with Gasteiger partial charge in [-0.3, -0.25) is 0 Å². The highest BCUT2D eigenvalue weighted by molar-refractivity contribution is 6.31. The van der Waals surface area contributed by atoms with Gasteiger partial charge in [-0.1, -0.05) is 218 Å². The Morgan fingerprint density at radius 2 is 0.514 bits per heavy atom. The van der Waals surface area contributed by atoms with E-state index in [1.807, 2.05) is 0 Å². The van der Waals surface area contributed by atoms with Crippen LogP contribution in [0.15, 0.2) is 243 Å². The summed E-state index contributed by atoms with van der Waals surface area (Å²) in [6.45, 7) is 0. The first kappa shape index (κ1) is 41.2. The molecule has 0 N–H and O–H groups in total. The summed E-state index contributed by atoms with van der Waals surface area (Å²) >= 11 is 0. The van der Waals surface area contributed by atoms with E-state index < -0.39 is 0 Å². The van der Waals surface area contributed by atoms with Gasteiger partial charge in [0.05, 0.1) is 0 Å². The maximum Gasteiger partial charge on any atom is 0.0495 e. The lowest BCUT2D eigenvalue weighted by molar-refractivity contribution is 1.01. The molecule has 0 atom stereocenters. The molecular formula is C72H46N2. The topological polar surface area (TPSA) is 9.86 Å². The first-order valence-electron chi connectivity index (χ1n) is 25.8. The molecule has 2 heteroatoms. The molecule has 14 aromatic carbocycles.